The van der Waals surface area contributed by atoms with Crippen LogP contribution in [0.5, 0.6) is 11.5 Å². The monoisotopic (exact) mass is 222 g/mol. The lowest BCUT2D eigenvalue weighted by molar-refractivity contribution is -0.133. The van der Waals surface area contributed by atoms with Crippen molar-refractivity contribution in [2.24, 2.45) is 0 Å². The summed E-state index contributed by atoms with van der Waals surface area (Å²) in [6.45, 7) is 6.25. The Balaban J connectivity index is 3.06. The van der Waals surface area contributed by atoms with Gasteiger partial charge in [-0.2, -0.15) is 0 Å². The maximum atomic E-state index is 10.8. The van der Waals surface area contributed by atoms with Gasteiger partial charge in [0.2, 0.25) is 0 Å². The highest BCUT2D eigenvalue weighted by atomic mass is 16.5. The first kappa shape index (κ1) is 12.2. The topological polar surface area (TPSA) is 52.6 Å². The summed E-state index contributed by atoms with van der Waals surface area (Å²) in [6.07, 6.45) is 0. The maximum absolute atomic E-state index is 10.8. The molecular weight excluding hydrogens is 208 g/mol. The largest absolute Gasteiger partial charge is 0.426 e. The van der Waals surface area contributed by atoms with E-state index in [0.717, 1.165) is 11.1 Å². The number of aryl methyl sites for hydroxylation is 2. The highest BCUT2D eigenvalue weighted by molar-refractivity contribution is 5.72. The van der Waals surface area contributed by atoms with Crippen LogP contribution in [0.15, 0.2) is 12.1 Å². The summed E-state index contributed by atoms with van der Waals surface area (Å²) < 4.78 is 10.0. The standard InChI is InChI=1S/C12H14O4/c1-7-5-12(16-10(4)14)8(2)6-11(7)15-9(3)13/h5-6H,1-4H3. The predicted octanol–water partition coefficient (Wildman–Crippen LogP) is 2.15. The van der Waals surface area contributed by atoms with Crippen molar-refractivity contribution in [1.29, 1.82) is 0 Å². The summed E-state index contributed by atoms with van der Waals surface area (Å²) in [5.41, 5.74) is 1.49. The number of carbonyl (C=O) groups excluding carboxylic acids is 2. The summed E-state index contributed by atoms with van der Waals surface area (Å²) in [5.74, 6) is 0.229. The predicted molar refractivity (Wildman–Crippen MR) is 58.5 cm³/mol. The fourth-order valence-corrected chi connectivity index (χ4v) is 1.29. The molecule has 0 N–H and O–H groups in total. The Bertz CT molecular complexity index is 393. The molecule has 4 heteroatoms. The average Bonchev–Trinajstić information content (AvgIpc) is 2.11. The molecule has 0 unspecified atom stereocenters. The minimum atomic E-state index is -0.372. The summed E-state index contributed by atoms with van der Waals surface area (Å²) in [4.78, 5) is 21.7. The van der Waals surface area contributed by atoms with Crippen LogP contribution < -0.4 is 9.47 Å². The van der Waals surface area contributed by atoms with Crippen molar-refractivity contribution in [3.63, 3.8) is 0 Å². The van der Waals surface area contributed by atoms with E-state index in [0.29, 0.717) is 11.5 Å². The zero-order valence-electron chi connectivity index (χ0n) is 9.79. The third-order valence-corrected chi connectivity index (χ3v) is 1.98. The molecule has 0 radical (unpaired) electrons. The SMILES string of the molecule is CC(=O)Oc1cc(C)c(OC(C)=O)cc1C. The second-order valence-electron chi connectivity index (χ2n) is 3.57. The second-order valence-corrected chi connectivity index (χ2v) is 3.57. The fraction of sp³-hybridized carbons (Fsp3) is 0.333. The molecule has 0 spiro atoms. The number of hydrogen-bond donors (Lipinski definition) is 0. The number of rotatable bonds is 2. The van der Waals surface area contributed by atoms with Crippen molar-refractivity contribution in [3.05, 3.63) is 23.3 Å². The van der Waals surface area contributed by atoms with E-state index in [1.165, 1.54) is 13.8 Å². The van der Waals surface area contributed by atoms with Gasteiger partial charge in [-0.05, 0) is 37.1 Å². The van der Waals surface area contributed by atoms with E-state index in [2.05, 4.69) is 0 Å². The third kappa shape index (κ3) is 3.08. The lowest BCUT2D eigenvalue weighted by atomic mass is 10.1. The van der Waals surface area contributed by atoms with Gasteiger partial charge < -0.3 is 9.47 Å². The van der Waals surface area contributed by atoms with Gasteiger partial charge in [0.1, 0.15) is 11.5 Å². The zero-order chi connectivity index (χ0) is 12.3. The van der Waals surface area contributed by atoms with Gasteiger partial charge in [-0.15, -0.1) is 0 Å². The molecule has 0 heterocycles. The van der Waals surface area contributed by atoms with Gasteiger partial charge in [0.15, 0.2) is 0 Å². The van der Waals surface area contributed by atoms with Crippen molar-refractivity contribution in [2.45, 2.75) is 27.7 Å². The molecule has 0 saturated heterocycles. The van der Waals surface area contributed by atoms with Gasteiger partial charge in [-0.1, -0.05) is 0 Å². The molecule has 86 valence electrons. The molecular formula is C12H14O4. The summed E-state index contributed by atoms with van der Waals surface area (Å²) in [7, 11) is 0. The molecule has 1 aromatic carbocycles. The Labute approximate surface area is 94.2 Å². The highest BCUT2D eigenvalue weighted by Gasteiger charge is 2.09. The van der Waals surface area contributed by atoms with Gasteiger partial charge in [0.05, 0.1) is 0 Å². The van der Waals surface area contributed by atoms with Crippen LogP contribution in [0.4, 0.5) is 0 Å². The van der Waals surface area contributed by atoms with Crippen LogP contribution >= 0.6 is 0 Å². The Morgan fingerprint density at radius 2 is 1.19 bits per heavy atom. The molecule has 0 atom stereocenters. The zero-order valence-corrected chi connectivity index (χ0v) is 9.79. The van der Waals surface area contributed by atoms with E-state index in [1.54, 1.807) is 26.0 Å². The number of benzene rings is 1. The number of carbonyl (C=O) groups is 2. The normalized spacial score (nSPS) is 9.75. The van der Waals surface area contributed by atoms with Crippen molar-refractivity contribution < 1.29 is 19.1 Å². The first-order valence-electron chi connectivity index (χ1n) is 4.88. The molecule has 0 aliphatic carbocycles. The molecule has 0 aliphatic rings. The molecule has 4 nitrogen and oxygen atoms in total. The van der Waals surface area contributed by atoms with Crippen LogP contribution in [0.2, 0.25) is 0 Å². The van der Waals surface area contributed by atoms with Crippen LogP contribution in [-0.2, 0) is 9.59 Å². The Kier molecular flexibility index (Phi) is 3.66. The number of ether oxygens (including phenoxy) is 2. The molecule has 0 fully saturated rings. The Morgan fingerprint density at radius 3 is 1.44 bits per heavy atom. The smallest absolute Gasteiger partial charge is 0.308 e. The molecule has 1 rings (SSSR count). The van der Waals surface area contributed by atoms with Gasteiger partial charge in [-0.3, -0.25) is 9.59 Å². The Hall–Kier alpha value is -1.84. The van der Waals surface area contributed by atoms with Crippen molar-refractivity contribution >= 4 is 11.9 Å². The molecule has 0 aliphatic heterocycles. The minimum Gasteiger partial charge on any atom is -0.426 e. The lowest BCUT2D eigenvalue weighted by Crippen LogP contribution is -2.06. The molecule has 16 heavy (non-hydrogen) atoms. The molecule has 0 amide bonds. The molecule has 0 saturated carbocycles. The van der Waals surface area contributed by atoms with E-state index in [1.807, 2.05) is 0 Å². The van der Waals surface area contributed by atoms with Crippen LogP contribution in [-0.4, -0.2) is 11.9 Å². The maximum Gasteiger partial charge on any atom is 0.308 e. The average molecular weight is 222 g/mol. The summed E-state index contributed by atoms with van der Waals surface area (Å²) >= 11 is 0. The van der Waals surface area contributed by atoms with Crippen LogP contribution in [0.25, 0.3) is 0 Å². The second kappa shape index (κ2) is 4.79. The first-order chi connectivity index (χ1) is 7.40. The van der Waals surface area contributed by atoms with Gasteiger partial charge in [-0.25, -0.2) is 0 Å². The van der Waals surface area contributed by atoms with Crippen molar-refractivity contribution in [3.8, 4) is 11.5 Å². The first-order valence-corrected chi connectivity index (χ1v) is 4.88. The highest BCUT2D eigenvalue weighted by Crippen LogP contribution is 2.28. The quantitative estimate of drug-likeness (QED) is 0.568. The number of hydrogen-bond acceptors (Lipinski definition) is 4. The third-order valence-electron chi connectivity index (χ3n) is 1.98. The van der Waals surface area contributed by atoms with Gasteiger partial charge in [0, 0.05) is 13.8 Å². The van der Waals surface area contributed by atoms with Crippen molar-refractivity contribution in [1.82, 2.24) is 0 Å². The molecule has 0 bridgehead atoms. The van der Waals surface area contributed by atoms with Crippen molar-refractivity contribution in [2.75, 3.05) is 0 Å². The Morgan fingerprint density at radius 1 is 0.875 bits per heavy atom. The van der Waals surface area contributed by atoms with Crippen LogP contribution in [0.1, 0.15) is 25.0 Å². The van der Waals surface area contributed by atoms with E-state index >= 15 is 0 Å². The summed E-state index contributed by atoms with van der Waals surface area (Å²) in [5, 5.41) is 0. The minimum absolute atomic E-state index is 0.372. The molecule has 0 aromatic heterocycles. The van der Waals surface area contributed by atoms with Crippen LogP contribution in [0.3, 0.4) is 0 Å². The van der Waals surface area contributed by atoms with E-state index in [4.69, 9.17) is 9.47 Å². The fourth-order valence-electron chi connectivity index (χ4n) is 1.29. The lowest BCUT2D eigenvalue weighted by Gasteiger charge is -2.10. The van der Waals surface area contributed by atoms with Gasteiger partial charge in [0.25, 0.3) is 0 Å². The number of esters is 2. The summed E-state index contributed by atoms with van der Waals surface area (Å²) in [6, 6.07) is 3.35. The van der Waals surface area contributed by atoms with Crippen LogP contribution in [0, 0.1) is 13.8 Å². The van der Waals surface area contributed by atoms with E-state index in [-0.39, 0.29) is 11.9 Å². The van der Waals surface area contributed by atoms with E-state index in [9.17, 15) is 9.59 Å². The van der Waals surface area contributed by atoms with Gasteiger partial charge >= 0.3 is 11.9 Å². The van der Waals surface area contributed by atoms with E-state index < -0.39 is 0 Å². The molecule has 1 aromatic rings.